The maximum absolute atomic E-state index is 13.5. The molecule has 0 aliphatic carbocycles. The predicted molar refractivity (Wildman–Crippen MR) is 184 cm³/mol. The van der Waals surface area contributed by atoms with Gasteiger partial charge in [0.05, 0.1) is 37.9 Å². The van der Waals surface area contributed by atoms with Gasteiger partial charge in [-0.3, -0.25) is 9.69 Å². The number of hydrogen-bond donors (Lipinski definition) is 0. The van der Waals surface area contributed by atoms with E-state index in [2.05, 4.69) is 9.80 Å². The summed E-state index contributed by atoms with van der Waals surface area (Å²) in [6, 6.07) is 11.8. The molecule has 0 N–H and O–H groups in total. The lowest BCUT2D eigenvalue weighted by Gasteiger charge is -2.36. The highest BCUT2D eigenvalue weighted by Gasteiger charge is 2.33. The van der Waals surface area contributed by atoms with Gasteiger partial charge in [0.1, 0.15) is 23.3 Å². The van der Waals surface area contributed by atoms with Gasteiger partial charge in [0.25, 0.3) is 0 Å². The fourth-order valence-electron chi connectivity index (χ4n) is 5.34. The Morgan fingerprint density at radius 1 is 0.830 bits per heavy atom. The molecule has 254 valence electrons. The van der Waals surface area contributed by atoms with Crippen molar-refractivity contribution < 1.29 is 27.4 Å². The van der Waals surface area contributed by atoms with E-state index in [0.717, 1.165) is 60.7 Å². The zero-order valence-electron chi connectivity index (χ0n) is 25.2. The lowest BCUT2D eigenvalue weighted by Crippen LogP contribution is -2.47. The molecule has 0 spiro atoms. The number of ether oxygens (including phenoxy) is 2. The summed E-state index contributed by atoms with van der Waals surface area (Å²) in [7, 11) is 0. The number of esters is 1. The van der Waals surface area contributed by atoms with Crippen molar-refractivity contribution in [1.82, 2.24) is 9.80 Å². The molecule has 1 fully saturated rings. The first-order chi connectivity index (χ1) is 22.3. The summed E-state index contributed by atoms with van der Waals surface area (Å²) in [4.78, 5) is 21.0. The number of nitrogens with zero attached hydrogens (tertiary/aromatic N) is 3. The van der Waals surface area contributed by atoms with Crippen LogP contribution in [0.5, 0.6) is 5.75 Å². The zero-order valence-corrected chi connectivity index (χ0v) is 29.8. The van der Waals surface area contributed by atoms with Crippen LogP contribution in [0.2, 0.25) is 25.1 Å². The Hall–Kier alpha value is -1.76. The van der Waals surface area contributed by atoms with Crippen LogP contribution in [-0.2, 0) is 15.7 Å². The summed E-state index contributed by atoms with van der Waals surface area (Å²) < 4.78 is 51.7. The normalized spacial score (nSPS) is 16.1. The zero-order chi connectivity index (χ0) is 33.9. The number of carbonyl (C=O) groups excluding carboxylic acids is 1. The van der Waals surface area contributed by atoms with Crippen molar-refractivity contribution >= 4 is 87.1 Å². The molecule has 47 heavy (non-hydrogen) atoms. The molecule has 5 rings (SSSR count). The lowest BCUT2D eigenvalue weighted by atomic mass is 10.1. The van der Waals surface area contributed by atoms with Crippen molar-refractivity contribution in [2.24, 2.45) is 5.92 Å². The van der Waals surface area contributed by atoms with Crippen LogP contribution in [0.4, 0.5) is 24.5 Å². The first kappa shape index (κ1) is 36.5. The minimum atomic E-state index is -4.40. The molecule has 0 bridgehead atoms. The van der Waals surface area contributed by atoms with Crippen molar-refractivity contribution in [3.8, 4) is 5.75 Å². The predicted octanol–water partition coefficient (Wildman–Crippen LogP) is 9.84. The van der Waals surface area contributed by atoms with E-state index in [1.807, 2.05) is 29.2 Å². The van der Waals surface area contributed by atoms with E-state index in [-0.39, 0.29) is 44.1 Å². The Morgan fingerprint density at radius 3 is 2.09 bits per heavy atom. The number of fused-ring (bicyclic) bond motifs is 2. The topological polar surface area (TPSA) is 45.3 Å². The number of hydrogen-bond acceptors (Lipinski definition) is 7. The van der Waals surface area contributed by atoms with Crippen LogP contribution >= 0.6 is 69.8 Å². The molecule has 0 saturated carbocycles. The van der Waals surface area contributed by atoms with E-state index >= 15 is 0 Å². The molecule has 3 aromatic rings. The maximum Gasteiger partial charge on any atom is 0.416 e. The first-order valence-electron chi connectivity index (χ1n) is 14.9. The van der Waals surface area contributed by atoms with Gasteiger partial charge in [-0.15, -0.1) is 0 Å². The van der Waals surface area contributed by atoms with Gasteiger partial charge in [-0.05, 0) is 50.2 Å². The summed E-state index contributed by atoms with van der Waals surface area (Å²) in [5.41, 5.74) is 0.875. The molecule has 2 heterocycles. The second kappa shape index (κ2) is 15.9. The average molecular weight is 772 g/mol. The SMILES string of the molecule is CC(COc1c(Cl)c(Cl)c(Cl)c(Cl)c1Cl)C(=O)OCCN1CCN(CCCN2c3ccccc3Sc3ccc(C(F)(F)F)cc32)CC1. The molecule has 3 aromatic carbocycles. The van der Waals surface area contributed by atoms with Gasteiger partial charge < -0.3 is 19.3 Å². The Balaban J connectivity index is 1.05. The standard InChI is InChI=1S/C32H31Cl5F3N3O3S/c1-19(18-46-30-28(36)26(34)25(33)27(35)29(30)37)31(44)45-16-15-42-13-11-41(12-14-42)9-4-10-43-21-5-2-3-6-23(21)47-24-8-7-20(17-22(24)43)32(38,39)40/h2-3,5-8,17,19H,4,9-16,18H2,1H3. The van der Waals surface area contributed by atoms with Gasteiger partial charge in [-0.1, -0.05) is 81.9 Å². The summed E-state index contributed by atoms with van der Waals surface area (Å²) in [5, 5.41) is 0.0459. The van der Waals surface area contributed by atoms with E-state index in [1.165, 1.54) is 17.8 Å². The molecular formula is C32H31Cl5F3N3O3S. The average Bonchev–Trinajstić information content (AvgIpc) is 3.06. The Kier molecular flexibility index (Phi) is 12.3. The Morgan fingerprint density at radius 2 is 1.43 bits per heavy atom. The minimum Gasteiger partial charge on any atom is -0.489 e. The molecule has 0 aromatic heterocycles. The van der Waals surface area contributed by atoms with Crippen LogP contribution in [0.1, 0.15) is 18.9 Å². The van der Waals surface area contributed by atoms with Gasteiger partial charge in [0.15, 0.2) is 5.75 Å². The molecule has 2 aliphatic heterocycles. The smallest absolute Gasteiger partial charge is 0.416 e. The number of alkyl halides is 3. The lowest BCUT2D eigenvalue weighted by molar-refractivity contribution is -0.149. The second-order valence-corrected chi connectivity index (χ2v) is 14.2. The van der Waals surface area contributed by atoms with E-state index in [0.29, 0.717) is 18.8 Å². The Labute approximate surface area is 300 Å². The molecule has 1 unspecified atom stereocenters. The highest BCUT2D eigenvalue weighted by Crippen LogP contribution is 2.50. The molecule has 0 radical (unpaired) electrons. The third-order valence-electron chi connectivity index (χ3n) is 7.98. The number of halogens is 8. The van der Waals surface area contributed by atoms with Crippen molar-refractivity contribution in [2.45, 2.75) is 29.3 Å². The number of piperazine rings is 1. The van der Waals surface area contributed by atoms with Gasteiger partial charge in [0.2, 0.25) is 0 Å². The van der Waals surface area contributed by atoms with Crippen LogP contribution in [0, 0.1) is 5.92 Å². The van der Waals surface area contributed by atoms with Crippen LogP contribution in [0.15, 0.2) is 52.3 Å². The van der Waals surface area contributed by atoms with E-state index < -0.39 is 23.6 Å². The summed E-state index contributed by atoms with van der Waals surface area (Å²) >= 11 is 32.0. The van der Waals surface area contributed by atoms with Crippen LogP contribution < -0.4 is 9.64 Å². The van der Waals surface area contributed by atoms with Crippen molar-refractivity contribution in [1.29, 1.82) is 0 Å². The van der Waals surface area contributed by atoms with Gasteiger partial charge in [0, 0.05) is 49.1 Å². The van der Waals surface area contributed by atoms with Crippen molar-refractivity contribution in [3.05, 3.63) is 73.1 Å². The highest BCUT2D eigenvalue weighted by molar-refractivity contribution is 7.99. The summed E-state index contributed by atoms with van der Waals surface area (Å²) in [5.74, 6) is -0.987. The number of anilines is 2. The Bertz CT molecular complexity index is 1580. The highest BCUT2D eigenvalue weighted by atomic mass is 35.5. The van der Waals surface area contributed by atoms with E-state index in [1.54, 1.807) is 13.0 Å². The molecule has 2 aliphatic rings. The van der Waals surface area contributed by atoms with Gasteiger partial charge >= 0.3 is 12.1 Å². The molecule has 15 heteroatoms. The third-order valence-corrected chi connectivity index (χ3v) is 11.3. The molecule has 1 saturated heterocycles. The number of benzene rings is 3. The molecule has 0 amide bonds. The molecular weight excluding hydrogens is 741 g/mol. The van der Waals surface area contributed by atoms with Crippen molar-refractivity contribution in [3.63, 3.8) is 0 Å². The van der Waals surface area contributed by atoms with Crippen LogP contribution in [0.25, 0.3) is 0 Å². The fraction of sp³-hybridized carbons (Fsp3) is 0.406. The summed E-state index contributed by atoms with van der Waals surface area (Å²) in [6.07, 6.45) is -3.61. The number of para-hydroxylation sites is 1. The number of rotatable bonds is 11. The minimum absolute atomic E-state index is 0.00607. The maximum atomic E-state index is 13.5. The second-order valence-electron chi connectivity index (χ2n) is 11.2. The summed E-state index contributed by atoms with van der Waals surface area (Å²) in [6.45, 7) is 7.15. The van der Waals surface area contributed by atoms with Gasteiger partial charge in [-0.2, -0.15) is 13.2 Å². The first-order valence-corrected chi connectivity index (χ1v) is 17.6. The third kappa shape index (κ3) is 8.70. The van der Waals surface area contributed by atoms with Crippen LogP contribution in [-0.4, -0.2) is 74.8 Å². The molecule has 1 atom stereocenters. The van der Waals surface area contributed by atoms with E-state index in [4.69, 9.17) is 67.5 Å². The van der Waals surface area contributed by atoms with Gasteiger partial charge in [-0.25, -0.2) is 0 Å². The quantitative estimate of drug-likeness (QED) is 0.109. The fourth-order valence-corrected chi connectivity index (χ4v) is 7.65. The largest absolute Gasteiger partial charge is 0.489 e. The van der Waals surface area contributed by atoms with Crippen LogP contribution in [0.3, 0.4) is 0 Å². The van der Waals surface area contributed by atoms with E-state index in [9.17, 15) is 18.0 Å². The molecule has 6 nitrogen and oxygen atoms in total. The monoisotopic (exact) mass is 769 g/mol. The number of carbonyl (C=O) groups is 1. The van der Waals surface area contributed by atoms with Crippen molar-refractivity contribution in [2.75, 3.05) is 63.9 Å².